The molecule has 0 radical (unpaired) electrons. The van der Waals surface area contributed by atoms with Gasteiger partial charge in [0.25, 0.3) is 11.8 Å². The highest BCUT2D eigenvalue weighted by atomic mass is 16.3. The van der Waals surface area contributed by atoms with Gasteiger partial charge in [-0.15, -0.1) is 0 Å². The van der Waals surface area contributed by atoms with E-state index in [1.165, 1.54) is 18.4 Å². The molecule has 3 aromatic rings. The second-order valence-corrected chi connectivity index (χ2v) is 6.05. The van der Waals surface area contributed by atoms with Crippen LogP contribution in [0.4, 0.5) is 5.69 Å². The first kappa shape index (κ1) is 15.1. The average molecular weight is 334 g/mol. The smallest absolute Gasteiger partial charge is 0.270 e. The number of hydrogen-bond acceptors (Lipinski definition) is 5. The first-order valence-electron chi connectivity index (χ1n) is 7.74. The number of carbonyl (C=O) groups excluding carboxylic acids is 3. The van der Waals surface area contributed by atoms with E-state index >= 15 is 0 Å². The molecule has 1 aromatic heterocycles. The van der Waals surface area contributed by atoms with Gasteiger partial charge in [-0.05, 0) is 30.7 Å². The van der Waals surface area contributed by atoms with Crippen molar-refractivity contribution in [3.05, 3.63) is 64.9 Å². The van der Waals surface area contributed by atoms with Gasteiger partial charge in [0, 0.05) is 16.6 Å². The molecule has 0 saturated heterocycles. The Balaban J connectivity index is 1.67. The van der Waals surface area contributed by atoms with E-state index in [4.69, 9.17) is 10.2 Å². The largest absolute Gasteiger partial charge is 0.464 e. The summed E-state index contributed by atoms with van der Waals surface area (Å²) in [5.74, 6) is -1.92. The highest BCUT2D eigenvalue weighted by Crippen LogP contribution is 2.29. The molecule has 2 aromatic carbocycles. The number of amides is 3. The molecule has 1 aliphatic rings. The number of benzene rings is 2. The van der Waals surface area contributed by atoms with E-state index in [1.807, 2.05) is 25.1 Å². The Hall–Kier alpha value is -3.41. The van der Waals surface area contributed by atoms with Gasteiger partial charge in [-0.25, -0.2) is 4.90 Å². The SMILES string of the molecule is Cc1ccc2c(CC(=O)N3C(=O)c4cccc(N)c4C3=O)coc2c1. The van der Waals surface area contributed by atoms with E-state index in [1.54, 1.807) is 6.07 Å². The molecular weight excluding hydrogens is 320 g/mol. The number of aryl methyl sites for hydroxylation is 1. The van der Waals surface area contributed by atoms with Crippen molar-refractivity contribution in [3.63, 3.8) is 0 Å². The highest BCUT2D eigenvalue weighted by Gasteiger charge is 2.41. The fourth-order valence-corrected chi connectivity index (χ4v) is 3.11. The monoisotopic (exact) mass is 334 g/mol. The Morgan fingerprint density at radius 2 is 1.96 bits per heavy atom. The average Bonchev–Trinajstić information content (AvgIpc) is 3.07. The quantitative estimate of drug-likeness (QED) is 0.574. The fourth-order valence-electron chi connectivity index (χ4n) is 3.11. The normalized spacial score (nSPS) is 13.6. The molecule has 4 rings (SSSR count). The van der Waals surface area contributed by atoms with Crippen molar-refractivity contribution >= 4 is 34.4 Å². The fraction of sp³-hybridized carbons (Fsp3) is 0.105. The summed E-state index contributed by atoms with van der Waals surface area (Å²) in [6.45, 7) is 1.94. The van der Waals surface area contributed by atoms with Gasteiger partial charge in [-0.2, -0.15) is 0 Å². The molecule has 0 saturated carbocycles. The summed E-state index contributed by atoms with van der Waals surface area (Å²) in [7, 11) is 0. The Bertz CT molecular complexity index is 1060. The van der Waals surface area contributed by atoms with E-state index in [2.05, 4.69) is 0 Å². The molecule has 124 valence electrons. The van der Waals surface area contributed by atoms with Gasteiger partial charge in [-0.1, -0.05) is 18.2 Å². The number of nitrogens with zero attached hydrogens (tertiary/aromatic N) is 1. The summed E-state index contributed by atoms with van der Waals surface area (Å²) in [5, 5.41) is 0.787. The Morgan fingerprint density at radius 3 is 2.72 bits per heavy atom. The van der Waals surface area contributed by atoms with Crippen LogP contribution in [0.15, 0.2) is 47.1 Å². The maximum Gasteiger partial charge on any atom is 0.270 e. The molecule has 2 N–H and O–H groups in total. The van der Waals surface area contributed by atoms with Gasteiger partial charge in [0.05, 0.1) is 23.8 Å². The number of carbonyl (C=O) groups is 3. The molecule has 0 aliphatic carbocycles. The molecule has 1 aliphatic heterocycles. The van der Waals surface area contributed by atoms with Crippen molar-refractivity contribution in [1.29, 1.82) is 0 Å². The zero-order valence-electron chi connectivity index (χ0n) is 13.4. The first-order chi connectivity index (χ1) is 12.0. The second kappa shape index (κ2) is 5.31. The summed E-state index contributed by atoms with van der Waals surface area (Å²) in [4.78, 5) is 38.2. The van der Waals surface area contributed by atoms with E-state index in [-0.39, 0.29) is 23.2 Å². The molecule has 0 unspecified atom stereocenters. The minimum absolute atomic E-state index is 0.0912. The van der Waals surface area contributed by atoms with Crippen LogP contribution in [-0.2, 0) is 11.2 Å². The molecule has 0 bridgehead atoms. The van der Waals surface area contributed by atoms with Crippen molar-refractivity contribution in [1.82, 2.24) is 4.90 Å². The minimum Gasteiger partial charge on any atom is -0.464 e. The number of rotatable bonds is 2. The molecule has 3 amide bonds. The van der Waals surface area contributed by atoms with Crippen LogP contribution >= 0.6 is 0 Å². The van der Waals surface area contributed by atoms with Crippen molar-refractivity contribution in [2.24, 2.45) is 0 Å². The number of furan rings is 1. The van der Waals surface area contributed by atoms with Crippen LogP contribution in [0, 0.1) is 6.92 Å². The van der Waals surface area contributed by atoms with E-state index < -0.39 is 17.7 Å². The predicted molar refractivity (Wildman–Crippen MR) is 91.0 cm³/mol. The molecule has 25 heavy (non-hydrogen) atoms. The second-order valence-electron chi connectivity index (χ2n) is 6.05. The third-order valence-electron chi connectivity index (χ3n) is 4.35. The van der Waals surface area contributed by atoms with E-state index in [0.717, 1.165) is 10.9 Å². The topological polar surface area (TPSA) is 93.6 Å². The summed E-state index contributed by atoms with van der Waals surface area (Å²) in [6.07, 6.45) is 1.37. The molecule has 2 heterocycles. The zero-order chi connectivity index (χ0) is 17.7. The van der Waals surface area contributed by atoms with Crippen LogP contribution in [0.25, 0.3) is 11.0 Å². The van der Waals surface area contributed by atoms with E-state index in [0.29, 0.717) is 16.0 Å². The Kier molecular flexibility index (Phi) is 3.21. The summed E-state index contributed by atoms with van der Waals surface area (Å²) in [5.41, 5.74) is 8.55. The highest BCUT2D eigenvalue weighted by molar-refractivity contribution is 6.30. The van der Waals surface area contributed by atoms with Crippen LogP contribution in [0.2, 0.25) is 0 Å². The van der Waals surface area contributed by atoms with Crippen LogP contribution in [-0.4, -0.2) is 22.6 Å². The third kappa shape index (κ3) is 2.22. The lowest BCUT2D eigenvalue weighted by molar-refractivity contribution is -0.125. The molecular formula is C19H14N2O4. The molecule has 0 atom stereocenters. The number of nitrogen functional groups attached to an aromatic ring is 1. The van der Waals surface area contributed by atoms with Gasteiger partial charge in [-0.3, -0.25) is 14.4 Å². The number of imide groups is 3. The lowest BCUT2D eigenvalue weighted by atomic mass is 10.1. The third-order valence-corrected chi connectivity index (χ3v) is 4.35. The van der Waals surface area contributed by atoms with Crippen LogP contribution in [0.5, 0.6) is 0 Å². The van der Waals surface area contributed by atoms with Crippen molar-refractivity contribution < 1.29 is 18.8 Å². The maximum atomic E-state index is 12.6. The Morgan fingerprint density at radius 1 is 1.16 bits per heavy atom. The maximum absolute atomic E-state index is 12.6. The number of fused-ring (bicyclic) bond motifs is 2. The van der Waals surface area contributed by atoms with Crippen molar-refractivity contribution in [2.75, 3.05) is 5.73 Å². The van der Waals surface area contributed by atoms with Crippen molar-refractivity contribution in [2.45, 2.75) is 13.3 Å². The van der Waals surface area contributed by atoms with Gasteiger partial charge >= 0.3 is 0 Å². The van der Waals surface area contributed by atoms with Crippen LogP contribution in [0.1, 0.15) is 31.8 Å². The lowest BCUT2D eigenvalue weighted by Crippen LogP contribution is -2.37. The standard InChI is InChI=1S/C19H14N2O4/c1-10-5-6-12-11(9-25-15(12)7-10)8-16(22)21-18(23)13-3-2-4-14(20)17(13)19(21)24/h2-7,9H,8,20H2,1H3. The molecule has 0 spiro atoms. The first-order valence-corrected chi connectivity index (χ1v) is 7.74. The summed E-state index contributed by atoms with van der Waals surface area (Å²) < 4.78 is 5.47. The van der Waals surface area contributed by atoms with Gasteiger partial charge < -0.3 is 10.2 Å². The summed E-state index contributed by atoms with van der Waals surface area (Å²) >= 11 is 0. The molecule has 6 nitrogen and oxygen atoms in total. The van der Waals surface area contributed by atoms with Gasteiger partial charge in [0.15, 0.2) is 0 Å². The predicted octanol–water partition coefficient (Wildman–Crippen LogP) is 2.69. The number of hydrogen-bond donors (Lipinski definition) is 1. The van der Waals surface area contributed by atoms with Crippen LogP contribution < -0.4 is 5.73 Å². The van der Waals surface area contributed by atoms with Gasteiger partial charge in [0.2, 0.25) is 5.91 Å². The summed E-state index contributed by atoms with van der Waals surface area (Å²) in [6, 6.07) is 10.2. The molecule has 6 heteroatoms. The lowest BCUT2D eigenvalue weighted by Gasteiger charge is -2.11. The zero-order valence-corrected chi connectivity index (χ0v) is 13.4. The Labute approximate surface area is 142 Å². The van der Waals surface area contributed by atoms with Crippen LogP contribution in [0.3, 0.4) is 0 Å². The minimum atomic E-state index is -0.674. The number of nitrogens with two attached hydrogens (primary N) is 1. The molecule has 0 fully saturated rings. The van der Waals surface area contributed by atoms with Crippen molar-refractivity contribution in [3.8, 4) is 0 Å². The van der Waals surface area contributed by atoms with E-state index in [9.17, 15) is 14.4 Å². The van der Waals surface area contributed by atoms with Gasteiger partial charge in [0.1, 0.15) is 5.58 Å². The number of anilines is 1.